The standard InChI is InChI=1S/C16H19N3O3S2/c20-16(18-10-12-8-17-9-12)13-3-5-15(6-4-13)24(21,22)19-11-14-2-1-7-23-14/h1-7,12,17,19H,8-11H2,(H,18,20). The van der Waals surface area contributed by atoms with Crippen LogP contribution in [0.3, 0.4) is 0 Å². The Bertz CT molecular complexity index is 782. The third-order valence-corrected chi connectivity index (χ3v) is 6.15. The molecule has 24 heavy (non-hydrogen) atoms. The number of hydrogen-bond acceptors (Lipinski definition) is 5. The highest BCUT2D eigenvalue weighted by Gasteiger charge is 2.18. The molecular weight excluding hydrogens is 346 g/mol. The van der Waals surface area contributed by atoms with Gasteiger partial charge in [0.2, 0.25) is 10.0 Å². The first-order valence-corrected chi connectivity index (χ1v) is 10.0. The van der Waals surface area contributed by atoms with E-state index in [4.69, 9.17) is 0 Å². The van der Waals surface area contributed by atoms with Gasteiger partial charge in [0.15, 0.2) is 0 Å². The van der Waals surface area contributed by atoms with E-state index < -0.39 is 10.0 Å². The van der Waals surface area contributed by atoms with Crippen LogP contribution in [0.4, 0.5) is 0 Å². The SMILES string of the molecule is O=C(NCC1CNC1)c1ccc(S(=O)(=O)NCc2cccs2)cc1. The molecule has 0 unspecified atom stereocenters. The maximum absolute atomic E-state index is 12.3. The summed E-state index contributed by atoms with van der Waals surface area (Å²) in [4.78, 5) is 13.1. The number of sulfonamides is 1. The Balaban J connectivity index is 1.59. The van der Waals surface area contributed by atoms with Gasteiger partial charge in [-0.2, -0.15) is 0 Å². The van der Waals surface area contributed by atoms with E-state index in [1.165, 1.54) is 35.6 Å². The molecule has 1 aromatic carbocycles. The van der Waals surface area contributed by atoms with Crippen molar-refractivity contribution in [3.63, 3.8) is 0 Å². The highest BCUT2D eigenvalue weighted by atomic mass is 32.2. The molecule has 1 aliphatic rings. The van der Waals surface area contributed by atoms with Gasteiger partial charge in [-0.05, 0) is 35.7 Å². The molecular formula is C16H19N3O3S2. The Morgan fingerprint density at radius 3 is 2.54 bits per heavy atom. The molecule has 1 amide bonds. The van der Waals surface area contributed by atoms with Gasteiger partial charge in [0, 0.05) is 42.5 Å². The average Bonchev–Trinajstić information content (AvgIpc) is 3.05. The van der Waals surface area contributed by atoms with Crippen LogP contribution < -0.4 is 15.4 Å². The fourth-order valence-corrected chi connectivity index (χ4v) is 4.02. The average molecular weight is 365 g/mol. The summed E-state index contributed by atoms with van der Waals surface area (Å²) in [5.74, 6) is 0.299. The molecule has 2 aromatic rings. The topological polar surface area (TPSA) is 87.3 Å². The molecule has 1 fully saturated rings. The maximum Gasteiger partial charge on any atom is 0.251 e. The molecule has 6 nitrogen and oxygen atoms in total. The molecule has 128 valence electrons. The molecule has 0 atom stereocenters. The summed E-state index contributed by atoms with van der Waals surface area (Å²) in [6.45, 7) is 2.74. The number of rotatable bonds is 7. The minimum absolute atomic E-state index is 0.152. The van der Waals surface area contributed by atoms with Crippen LogP contribution in [0.1, 0.15) is 15.2 Å². The molecule has 0 spiro atoms. The Kier molecular flexibility index (Phi) is 5.30. The quantitative estimate of drug-likeness (QED) is 0.687. The zero-order valence-corrected chi connectivity index (χ0v) is 14.6. The second-order valence-corrected chi connectivity index (χ2v) is 8.46. The molecule has 0 radical (unpaired) electrons. The van der Waals surface area contributed by atoms with Crippen LogP contribution in [0.2, 0.25) is 0 Å². The molecule has 2 heterocycles. The Morgan fingerprint density at radius 2 is 1.96 bits per heavy atom. The van der Waals surface area contributed by atoms with E-state index in [9.17, 15) is 13.2 Å². The van der Waals surface area contributed by atoms with Crippen molar-refractivity contribution in [2.24, 2.45) is 5.92 Å². The van der Waals surface area contributed by atoms with Crippen LogP contribution >= 0.6 is 11.3 Å². The Morgan fingerprint density at radius 1 is 1.21 bits per heavy atom. The zero-order chi connectivity index (χ0) is 17.0. The minimum Gasteiger partial charge on any atom is -0.352 e. The summed E-state index contributed by atoms with van der Waals surface area (Å²) in [6.07, 6.45) is 0. The fourth-order valence-electron chi connectivity index (χ4n) is 2.28. The second kappa shape index (κ2) is 7.43. The first-order valence-electron chi connectivity index (χ1n) is 7.65. The van der Waals surface area contributed by atoms with E-state index >= 15 is 0 Å². The van der Waals surface area contributed by atoms with E-state index in [0.717, 1.165) is 18.0 Å². The van der Waals surface area contributed by atoms with Crippen molar-refractivity contribution in [3.8, 4) is 0 Å². The lowest BCUT2D eigenvalue weighted by Gasteiger charge is -2.27. The van der Waals surface area contributed by atoms with Crippen LogP contribution in [-0.2, 0) is 16.6 Å². The minimum atomic E-state index is -3.58. The summed E-state index contributed by atoms with van der Waals surface area (Å²) in [5.41, 5.74) is 0.458. The summed E-state index contributed by atoms with van der Waals surface area (Å²) in [5, 5.41) is 7.91. The molecule has 0 saturated carbocycles. The number of carbonyl (C=O) groups is 1. The fraction of sp³-hybridized carbons (Fsp3) is 0.312. The van der Waals surface area contributed by atoms with Gasteiger partial charge in [-0.15, -0.1) is 11.3 Å². The van der Waals surface area contributed by atoms with Gasteiger partial charge >= 0.3 is 0 Å². The summed E-state index contributed by atoms with van der Waals surface area (Å²) in [7, 11) is -3.58. The lowest BCUT2D eigenvalue weighted by Crippen LogP contribution is -2.48. The predicted octanol–water partition coefficient (Wildman–Crippen LogP) is 1.18. The van der Waals surface area contributed by atoms with E-state index in [0.29, 0.717) is 18.0 Å². The smallest absolute Gasteiger partial charge is 0.251 e. The normalized spacial score (nSPS) is 15.0. The van der Waals surface area contributed by atoms with Gasteiger partial charge in [-0.1, -0.05) is 6.07 Å². The molecule has 1 saturated heterocycles. The van der Waals surface area contributed by atoms with Crippen molar-refractivity contribution < 1.29 is 13.2 Å². The number of benzene rings is 1. The Hall–Kier alpha value is -1.74. The van der Waals surface area contributed by atoms with Crippen molar-refractivity contribution >= 4 is 27.3 Å². The van der Waals surface area contributed by atoms with Crippen molar-refractivity contribution in [1.82, 2.24) is 15.4 Å². The molecule has 0 aliphatic carbocycles. The molecule has 1 aromatic heterocycles. The van der Waals surface area contributed by atoms with Crippen LogP contribution in [0.5, 0.6) is 0 Å². The van der Waals surface area contributed by atoms with Gasteiger partial charge in [0.1, 0.15) is 0 Å². The molecule has 1 aliphatic heterocycles. The van der Waals surface area contributed by atoms with Crippen molar-refractivity contribution in [1.29, 1.82) is 0 Å². The molecule has 8 heteroatoms. The largest absolute Gasteiger partial charge is 0.352 e. The molecule has 0 bridgehead atoms. The summed E-state index contributed by atoms with van der Waals surface area (Å²) >= 11 is 1.50. The van der Waals surface area contributed by atoms with E-state index in [-0.39, 0.29) is 17.3 Å². The van der Waals surface area contributed by atoms with Gasteiger partial charge < -0.3 is 10.6 Å². The second-order valence-electron chi connectivity index (χ2n) is 5.66. The molecule has 3 rings (SSSR count). The monoisotopic (exact) mass is 365 g/mol. The van der Waals surface area contributed by atoms with Crippen LogP contribution in [0, 0.1) is 5.92 Å². The van der Waals surface area contributed by atoms with Crippen LogP contribution in [0.15, 0.2) is 46.7 Å². The number of amides is 1. The van der Waals surface area contributed by atoms with Gasteiger partial charge in [-0.3, -0.25) is 4.79 Å². The zero-order valence-electron chi connectivity index (χ0n) is 13.0. The number of hydrogen-bond donors (Lipinski definition) is 3. The number of nitrogens with one attached hydrogen (secondary N) is 3. The lowest BCUT2D eigenvalue weighted by atomic mass is 10.0. The van der Waals surface area contributed by atoms with Gasteiger partial charge in [0.05, 0.1) is 4.90 Å². The van der Waals surface area contributed by atoms with Crippen LogP contribution in [0.25, 0.3) is 0 Å². The third kappa shape index (κ3) is 4.21. The predicted molar refractivity (Wildman–Crippen MR) is 93.5 cm³/mol. The number of thiophene rings is 1. The maximum atomic E-state index is 12.3. The molecule has 3 N–H and O–H groups in total. The van der Waals surface area contributed by atoms with Gasteiger partial charge in [-0.25, -0.2) is 13.1 Å². The van der Waals surface area contributed by atoms with Crippen LogP contribution in [-0.4, -0.2) is 34.0 Å². The van der Waals surface area contributed by atoms with E-state index in [1.807, 2.05) is 17.5 Å². The highest BCUT2D eigenvalue weighted by Crippen LogP contribution is 2.13. The number of carbonyl (C=O) groups excluding carboxylic acids is 1. The first-order chi connectivity index (χ1) is 11.5. The van der Waals surface area contributed by atoms with Crippen molar-refractivity contribution in [2.45, 2.75) is 11.4 Å². The first kappa shape index (κ1) is 17.1. The van der Waals surface area contributed by atoms with E-state index in [2.05, 4.69) is 15.4 Å². The third-order valence-electron chi connectivity index (χ3n) is 3.86. The van der Waals surface area contributed by atoms with Crippen molar-refractivity contribution in [2.75, 3.05) is 19.6 Å². The summed E-state index contributed by atoms with van der Waals surface area (Å²) in [6, 6.07) is 9.73. The van der Waals surface area contributed by atoms with E-state index in [1.54, 1.807) is 0 Å². The lowest BCUT2D eigenvalue weighted by molar-refractivity contribution is 0.0942. The Labute approximate surface area is 145 Å². The van der Waals surface area contributed by atoms with Crippen molar-refractivity contribution in [3.05, 3.63) is 52.2 Å². The summed E-state index contributed by atoms with van der Waals surface area (Å²) < 4.78 is 27.1. The highest BCUT2D eigenvalue weighted by molar-refractivity contribution is 7.89. The van der Waals surface area contributed by atoms with Gasteiger partial charge in [0.25, 0.3) is 5.91 Å².